The van der Waals surface area contributed by atoms with Crippen molar-refractivity contribution in [2.45, 2.75) is 26.1 Å². The average molecular weight is 458 g/mol. The number of aliphatic hydroxyl groups is 2. The second kappa shape index (κ2) is 14.4. The zero-order valence-corrected chi connectivity index (χ0v) is 18.2. The summed E-state index contributed by atoms with van der Waals surface area (Å²) in [5, 5.41) is 17.8. The third-order valence-electron chi connectivity index (χ3n) is 4.00. The molecule has 2 atom stereocenters. The molecule has 2 unspecified atom stereocenters. The summed E-state index contributed by atoms with van der Waals surface area (Å²) in [5.41, 5.74) is 4.60. The molecular weight excluding hydrogens is 432 g/mol. The molecule has 0 aliphatic heterocycles. The van der Waals surface area contributed by atoms with Crippen molar-refractivity contribution in [1.82, 2.24) is 0 Å². The van der Waals surface area contributed by atoms with Crippen LogP contribution in [0.25, 0.3) is 11.1 Å². The topological polar surface area (TPSA) is 40.5 Å². The van der Waals surface area contributed by atoms with Crippen LogP contribution >= 0.6 is 0 Å². The Kier molecular flexibility index (Phi) is 13.5. The van der Waals surface area contributed by atoms with Gasteiger partial charge in [0.05, 0.1) is 0 Å². The summed E-state index contributed by atoms with van der Waals surface area (Å²) in [4.78, 5) is 0. The molecule has 0 saturated heterocycles. The fraction of sp³-hybridized carbons (Fsp3) is 0.167. The monoisotopic (exact) mass is 458 g/mol. The first-order valence-electron chi connectivity index (χ1n) is 8.81. The van der Waals surface area contributed by atoms with Crippen LogP contribution < -0.4 is 0 Å². The van der Waals surface area contributed by atoms with Gasteiger partial charge in [0.1, 0.15) is 0 Å². The maximum atomic E-state index is 8.91. The molecule has 2 nitrogen and oxygen atoms in total. The normalized spacial score (nSPS) is 11.4. The predicted octanol–water partition coefficient (Wildman–Crippen LogP) is 5.70. The van der Waals surface area contributed by atoms with Gasteiger partial charge >= 0.3 is 0 Å². The Morgan fingerprint density at radius 3 is 0.857 bits per heavy atom. The molecule has 0 amide bonds. The van der Waals surface area contributed by atoms with Gasteiger partial charge in [-0.15, -0.1) is 11.1 Å². The molecule has 4 aromatic carbocycles. The van der Waals surface area contributed by atoms with Crippen LogP contribution in [-0.2, 0) is 34.1 Å². The van der Waals surface area contributed by atoms with Gasteiger partial charge in [0.25, 0.3) is 0 Å². The van der Waals surface area contributed by atoms with Crippen LogP contribution in [0.3, 0.4) is 0 Å². The van der Waals surface area contributed by atoms with E-state index in [0.717, 1.165) is 11.1 Å². The van der Waals surface area contributed by atoms with E-state index in [2.05, 4.69) is 48.5 Å². The number of rotatable bonds is 3. The zero-order chi connectivity index (χ0) is 18.8. The van der Waals surface area contributed by atoms with Gasteiger partial charge in [-0.05, 0) is 13.8 Å². The Morgan fingerprint density at radius 2 is 0.679 bits per heavy atom. The molecule has 4 rings (SSSR count). The molecule has 0 bridgehead atoms. The summed E-state index contributed by atoms with van der Waals surface area (Å²) in [5.74, 6) is 0. The molecule has 154 valence electrons. The van der Waals surface area contributed by atoms with Crippen molar-refractivity contribution >= 4 is 0 Å². The average Bonchev–Trinajstić information content (AvgIpc) is 3.47. The molecular formula is C24H26Fe2O2-4. The van der Waals surface area contributed by atoms with Gasteiger partial charge in [-0.2, -0.15) is 83.9 Å². The number of aliphatic hydroxyl groups excluding tert-OH is 2. The van der Waals surface area contributed by atoms with Crippen molar-refractivity contribution in [2.24, 2.45) is 0 Å². The van der Waals surface area contributed by atoms with Crippen LogP contribution in [-0.4, -0.2) is 10.2 Å². The van der Waals surface area contributed by atoms with Crippen molar-refractivity contribution in [1.29, 1.82) is 0 Å². The largest absolute Gasteiger partial charge is 0.401 e. The third-order valence-corrected chi connectivity index (χ3v) is 4.00. The Hall–Kier alpha value is -1.64. The smallest absolute Gasteiger partial charge is 0.0322 e. The molecule has 0 fully saturated rings. The van der Waals surface area contributed by atoms with Crippen molar-refractivity contribution in [3.63, 3.8) is 0 Å². The van der Waals surface area contributed by atoms with E-state index >= 15 is 0 Å². The van der Waals surface area contributed by atoms with Crippen LogP contribution in [0.4, 0.5) is 0 Å². The van der Waals surface area contributed by atoms with Gasteiger partial charge in [0, 0.05) is 46.3 Å². The minimum atomic E-state index is -0.315. The van der Waals surface area contributed by atoms with Crippen LogP contribution in [0.15, 0.2) is 97.1 Å². The van der Waals surface area contributed by atoms with Crippen molar-refractivity contribution in [3.8, 4) is 11.1 Å². The van der Waals surface area contributed by atoms with Gasteiger partial charge in [0.15, 0.2) is 0 Å². The van der Waals surface area contributed by atoms with Gasteiger partial charge in [0.2, 0.25) is 0 Å². The summed E-state index contributed by atoms with van der Waals surface area (Å²) >= 11 is 0. The van der Waals surface area contributed by atoms with Crippen LogP contribution in [0, 0.1) is 0 Å². The van der Waals surface area contributed by atoms with E-state index < -0.39 is 0 Å². The Balaban J connectivity index is 0.000000381. The second-order valence-corrected chi connectivity index (χ2v) is 6.14. The molecule has 4 heteroatoms. The van der Waals surface area contributed by atoms with E-state index in [1.165, 1.54) is 11.1 Å². The predicted molar refractivity (Wildman–Crippen MR) is 108 cm³/mol. The fourth-order valence-electron chi connectivity index (χ4n) is 2.47. The number of hydrogen-bond donors (Lipinski definition) is 2. The van der Waals surface area contributed by atoms with E-state index in [9.17, 15) is 0 Å². The molecule has 0 aliphatic carbocycles. The van der Waals surface area contributed by atoms with Crippen molar-refractivity contribution < 1.29 is 44.4 Å². The molecule has 2 N–H and O–H groups in total. The van der Waals surface area contributed by atoms with E-state index in [4.69, 9.17) is 10.2 Å². The summed E-state index contributed by atoms with van der Waals surface area (Å²) < 4.78 is 0. The molecule has 0 radical (unpaired) electrons. The molecule has 0 spiro atoms. The standard InChI is InChI=1S/C10H8.2C7H9O.2Fe/c1-2-6-9(5-1)10-7-3-4-8-10;2*1-6(8)7-4-2-3-5-7;;/h1-8H;2*2-6,8H,1H3;;/q-2;2*-1;;. The fourth-order valence-corrected chi connectivity index (χ4v) is 2.47. The first kappa shape index (κ1) is 26.4. The molecule has 0 heterocycles. The summed E-state index contributed by atoms with van der Waals surface area (Å²) in [6.07, 6.45) is -0.630. The minimum Gasteiger partial charge on any atom is -0.401 e. The van der Waals surface area contributed by atoms with Crippen molar-refractivity contribution in [3.05, 3.63) is 108 Å². The maximum Gasteiger partial charge on any atom is 0.0322 e. The Bertz CT molecular complexity index is 709. The quantitative estimate of drug-likeness (QED) is 0.306. The van der Waals surface area contributed by atoms with E-state index in [1.54, 1.807) is 13.8 Å². The zero-order valence-electron chi connectivity index (χ0n) is 16.0. The Morgan fingerprint density at radius 1 is 0.464 bits per heavy atom. The Labute approximate surface area is 189 Å². The SMILES string of the molecule is CC(O)[c-]1cccc1.CC(O)[c-]1cccc1.[Fe].[Fe].c1cc[c-](-[c-]2cccc2)c1. The van der Waals surface area contributed by atoms with Crippen LogP contribution in [0.5, 0.6) is 0 Å². The van der Waals surface area contributed by atoms with Crippen LogP contribution in [0.1, 0.15) is 37.2 Å². The van der Waals surface area contributed by atoms with Gasteiger partial charge in [-0.3, -0.25) is 0 Å². The first-order chi connectivity index (χ1) is 12.6. The maximum absolute atomic E-state index is 8.91. The van der Waals surface area contributed by atoms with Crippen molar-refractivity contribution in [2.75, 3.05) is 0 Å². The molecule has 4 aromatic rings. The minimum absolute atomic E-state index is 0. The molecule has 0 saturated carbocycles. The second-order valence-electron chi connectivity index (χ2n) is 6.14. The third kappa shape index (κ3) is 9.03. The molecule has 28 heavy (non-hydrogen) atoms. The molecule has 0 aromatic heterocycles. The molecule has 0 aliphatic rings. The van der Waals surface area contributed by atoms with Crippen LogP contribution in [0.2, 0.25) is 0 Å². The van der Waals surface area contributed by atoms with Gasteiger partial charge in [-0.25, -0.2) is 24.3 Å². The first-order valence-corrected chi connectivity index (χ1v) is 8.81. The van der Waals surface area contributed by atoms with Gasteiger partial charge < -0.3 is 10.2 Å². The summed E-state index contributed by atoms with van der Waals surface area (Å²) in [7, 11) is 0. The van der Waals surface area contributed by atoms with E-state index in [0.29, 0.717) is 0 Å². The van der Waals surface area contributed by atoms with E-state index in [1.807, 2.05) is 48.5 Å². The number of hydrogen-bond acceptors (Lipinski definition) is 2. The van der Waals surface area contributed by atoms with E-state index in [-0.39, 0.29) is 46.3 Å². The summed E-state index contributed by atoms with van der Waals surface area (Å²) in [6, 6.07) is 32.0. The summed E-state index contributed by atoms with van der Waals surface area (Å²) in [6.45, 7) is 3.52. The van der Waals surface area contributed by atoms with Gasteiger partial charge in [-0.1, -0.05) is 0 Å².